The molecule has 3 aromatic heterocycles. The van der Waals surface area contributed by atoms with E-state index in [-0.39, 0.29) is 27.7 Å². The number of halogens is 3. The normalized spacial score (nSPS) is 12.9. The third-order valence-corrected chi connectivity index (χ3v) is 5.51. The molecule has 0 unspecified atom stereocenters. The highest BCUT2D eigenvalue weighted by Gasteiger charge is 2.33. The summed E-state index contributed by atoms with van der Waals surface area (Å²) in [7, 11) is -0.448. The molecule has 0 saturated heterocycles. The van der Waals surface area contributed by atoms with E-state index in [2.05, 4.69) is 15.1 Å². The molecule has 0 saturated carbocycles. The Hall–Kier alpha value is -2.43. The largest absolute Gasteiger partial charge is 0.433 e. The van der Waals surface area contributed by atoms with Crippen LogP contribution in [0.1, 0.15) is 12.6 Å². The van der Waals surface area contributed by atoms with Crippen LogP contribution in [0.25, 0.3) is 22.6 Å². The summed E-state index contributed by atoms with van der Waals surface area (Å²) >= 11 is 0. The monoisotopic (exact) mass is 373 g/mol. The molecule has 0 aromatic carbocycles. The predicted molar refractivity (Wildman–Crippen MR) is 83.4 cm³/mol. The van der Waals surface area contributed by atoms with Crippen LogP contribution in [0.15, 0.2) is 23.4 Å². The molecule has 0 atom stereocenters. The summed E-state index contributed by atoms with van der Waals surface area (Å²) in [6.45, 7) is 1.50. The summed E-state index contributed by atoms with van der Waals surface area (Å²) in [5.41, 5.74) is -0.567. The lowest BCUT2D eigenvalue weighted by molar-refractivity contribution is -0.141. The number of rotatable bonds is 3. The van der Waals surface area contributed by atoms with E-state index in [1.54, 1.807) is 14.1 Å². The Morgan fingerprint density at radius 2 is 1.92 bits per heavy atom. The second-order valence-corrected chi connectivity index (χ2v) is 7.72. The zero-order chi connectivity index (χ0) is 18.6. The Balaban J connectivity index is 2.26. The van der Waals surface area contributed by atoms with Gasteiger partial charge < -0.3 is 4.57 Å². The van der Waals surface area contributed by atoms with Crippen LogP contribution in [-0.2, 0) is 30.1 Å². The molecule has 7 nitrogen and oxygen atoms in total. The van der Waals surface area contributed by atoms with Crippen LogP contribution in [-0.4, -0.2) is 38.5 Å². The molecule has 0 aliphatic carbocycles. The van der Waals surface area contributed by atoms with Gasteiger partial charge in [0.2, 0.25) is 0 Å². The Morgan fingerprint density at radius 1 is 1.24 bits per heavy atom. The van der Waals surface area contributed by atoms with Gasteiger partial charge in [0, 0.05) is 20.3 Å². The Bertz CT molecular complexity index is 1070. The first kappa shape index (κ1) is 17.4. The van der Waals surface area contributed by atoms with Crippen molar-refractivity contribution in [1.29, 1.82) is 0 Å². The fourth-order valence-electron chi connectivity index (χ4n) is 2.46. The number of aryl methyl sites for hydroxylation is 2. The third-order valence-electron chi connectivity index (χ3n) is 3.78. The molecule has 0 fully saturated rings. The van der Waals surface area contributed by atoms with Crippen molar-refractivity contribution in [2.75, 3.05) is 5.75 Å². The van der Waals surface area contributed by atoms with Gasteiger partial charge in [0.05, 0.1) is 23.0 Å². The lowest BCUT2D eigenvalue weighted by Crippen LogP contribution is -2.07. The number of imidazole rings is 1. The lowest BCUT2D eigenvalue weighted by atomic mass is 10.3. The van der Waals surface area contributed by atoms with Crippen molar-refractivity contribution >= 4 is 20.9 Å². The van der Waals surface area contributed by atoms with Gasteiger partial charge in [-0.05, 0) is 6.07 Å². The first-order valence-electron chi connectivity index (χ1n) is 7.21. The lowest BCUT2D eigenvalue weighted by Gasteiger charge is -2.05. The Kier molecular flexibility index (Phi) is 3.86. The van der Waals surface area contributed by atoms with Crippen molar-refractivity contribution in [3.8, 4) is 11.5 Å². The van der Waals surface area contributed by atoms with E-state index in [9.17, 15) is 21.6 Å². The van der Waals surface area contributed by atoms with E-state index >= 15 is 0 Å². The minimum atomic E-state index is -4.59. The summed E-state index contributed by atoms with van der Waals surface area (Å²) in [5, 5.41) is 4.13. The first-order chi connectivity index (χ1) is 11.5. The van der Waals surface area contributed by atoms with Gasteiger partial charge in [-0.2, -0.15) is 18.3 Å². The van der Waals surface area contributed by atoms with Crippen LogP contribution >= 0.6 is 0 Å². The minimum absolute atomic E-state index is 0.0140. The molecule has 11 heteroatoms. The average Bonchev–Trinajstić information content (AvgIpc) is 3.07. The van der Waals surface area contributed by atoms with E-state index in [0.29, 0.717) is 5.52 Å². The number of alkyl halides is 3. The van der Waals surface area contributed by atoms with Gasteiger partial charge in [-0.15, -0.1) is 0 Å². The maximum Gasteiger partial charge on any atom is 0.433 e. The molecular formula is C14H14F3N5O2S. The predicted octanol–water partition coefficient (Wildman–Crippen LogP) is 2.18. The number of sulfone groups is 1. The Labute approximate surface area is 141 Å². The van der Waals surface area contributed by atoms with E-state index in [1.165, 1.54) is 22.4 Å². The van der Waals surface area contributed by atoms with Gasteiger partial charge >= 0.3 is 6.18 Å². The fraction of sp³-hybridized carbons (Fsp3) is 0.357. The van der Waals surface area contributed by atoms with E-state index in [1.807, 2.05) is 0 Å². The summed E-state index contributed by atoms with van der Waals surface area (Å²) in [4.78, 5) is 7.56. The molecule has 0 radical (unpaired) electrons. The van der Waals surface area contributed by atoms with Gasteiger partial charge in [-0.1, -0.05) is 6.92 Å². The molecule has 0 N–H and O–H groups in total. The van der Waals surface area contributed by atoms with Crippen molar-refractivity contribution in [3.63, 3.8) is 0 Å². The van der Waals surface area contributed by atoms with Crippen molar-refractivity contribution < 1.29 is 21.6 Å². The van der Waals surface area contributed by atoms with Crippen molar-refractivity contribution in [1.82, 2.24) is 24.3 Å². The highest BCUT2D eigenvalue weighted by atomic mass is 32.2. The molecule has 0 amide bonds. The van der Waals surface area contributed by atoms with E-state index < -0.39 is 21.7 Å². The summed E-state index contributed by atoms with van der Waals surface area (Å²) in [6.07, 6.45) is -2.17. The summed E-state index contributed by atoms with van der Waals surface area (Å²) < 4.78 is 65.8. The third kappa shape index (κ3) is 2.88. The van der Waals surface area contributed by atoms with Gasteiger partial charge in [0.25, 0.3) is 0 Å². The van der Waals surface area contributed by atoms with Gasteiger partial charge in [-0.25, -0.2) is 18.4 Å². The van der Waals surface area contributed by atoms with E-state index in [4.69, 9.17) is 0 Å². The number of pyridine rings is 1. The number of aromatic nitrogens is 5. The SMILES string of the molecule is CCS(=O)(=O)c1cn(C)nc1-c1nc2cc(C(F)(F)F)ncc2n1C. The standard InChI is InChI=1S/C14H14F3N5O2S/c1-4-25(23,24)10-7-21(2)20-12(10)13-19-8-5-11(14(15,16)17)18-6-9(8)22(13)3/h5-7H,4H2,1-3H3. The number of hydrogen-bond acceptors (Lipinski definition) is 5. The fourth-order valence-corrected chi connectivity index (χ4v) is 3.51. The summed E-state index contributed by atoms with van der Waals surface area (Å²) in [5.74, 6) is 0.0267. The molecule has 0 spiro atoms. The van der Waals surface area contributed by atoms with Crippen LogP contribution in [0.5, 0.6) is 0 Å². The molecule has 0 aliphatic heterocycles. The molecule has 25 heavy (non-hydrogen) atoms. The van der Waals surface area contributed by atoms with Crippen LogP contribution in [0, 0.1) is 0 Å². The van der Waals surface area contributed by atoms with Crippen LogP contribution < -0.4 is 0 Å². The highest BCUT2D eigenvalue weighted by molar-refractivity contribution is 7.91. The molecule has 3 aromatic rings. The molecule has 3 rings (SSSR count). The van der Waals surface area contributed by atoms with Gasteiger partial charge in [0.1, 0.15) is 16.3 Å². The topological polar surface area (TPSA) is 82.7 Å². The zero-order valence-corrected chi connectivity index (χ0v) is 14.4. The van der Waals surface area contributed by atoms with Crippen molar-refractivity contribution in [2.24, 2.45) is 14.1 Å². The number of hydrogen-bond donors (Lipinski definition) is 0. The second kappa shape index (κ2) is 5.55. The molecule has 134 valence electrons. The van der Waals surface area contributed by atoms with Gasteiger partial charge in [-0.3, -0.25) is 4.68 Å². The van der Waals surface area contributed by atoms with Crippen molar-refractivity contribution in [2.45, 2.75) is 18.0 Å². The van der Waals surface area contributed by atoms with Crippen LogP contribution in [0.4, 0.5) is 13.2 Å². The molecule has 0 bridgehead atoms. The smallest absolute Gasteiger partial charge is 0.324 e. The molecular weight excluding hydrogens is 359 g/mol. The molecule has 3 heterocycles. The van der Waals surface area contributed by atoms with Crippen molar-refractivity contribution in [3.05, 3.63) is 24.2 Å². The molecule has 0 aliphatic rings. The Morgan fingerprint density at radius 3 is 2.52 bits per heavy atom. The first-order valence-corrected chi connectivity index (χ1v) is 8.86. The maximum atomic E-state index is 12.8. The quantitative estimate of drug-likeness (QED) is 0.703. The van der Waals surface area contributed by atoms with Crippen LogP contribution in [0.3, 0.4) is 0 Å². The minimum Gasteiger partial charge on any atom is -0.324 e. The highest BCUT2D eigenvalue weighted by Crippen LogP contribution is 2.32. The van der Waals surface area contributed by atoms with Gasteiger partial charge in [0.15, 0.2) is 15.7 Å². The second-order valence-electron chi connectivity index (χ2n) is 5.47. The summed E-state index contributed by atoms with van der Waals surface area (Å²) in [6, 6.07) is 0.829. The zero-order valence-electron chi connectivity index (χ0n) is 13.5. The number of nitrogens with zero attached hydrogens (tertiary/aromatic N) is 5. The number of fused-ring (bicyclic) bond motifs is 1. The van der Waals surface area contributed by atoms with Crippen LogP contribution in [0.2, 0.25) is 0 Å². The van der Waals surface area contributed by atoms with E-state index in [0.717, 1.165) is 12.3 Å². The maximum absolute atomic E-state index is 12.8. The average molecular weight is 373 g/mol.